The van der Waals surface area contributed by atoms with Crippen LogP contribution in [0.2, 0.25) is 5.15 Å². The van der Waals surface area contributed by atoms with Gasteiger partial charge in [0.25, 0.3) is 0 Å². The number of aliphatic hydroxyl groups excluding tert-OH is 1. The Morgan fingerprint density at radius 3 is 2.58 bits per heavy atom. The van der Waals surface area contributed by atoms with Gasteiger partial charge < -0.3 is 10.4 Å². The summed E-state index contributed by atoms with van der Waals surface area (Å²) >= 11 is 5.56. The van der Waals surface area contributed by atoms with Gasteiger partial charge in [-0.2, -0.15) is 13.2 Å². The molecule has 0 bridgehead atoms. The van der Waals surface area contributed by atoms with Gasteiger partial charge in [0.05, 0.1) is 12.1 Å². The lowest BCUT2D eigenvalue weighted by molar-refractivity contribution is -0.144. The van der Waals surface area contributed by atoms with E-state index in [1.807, 2.05) is 0 Å². The Bertz CT molecular complexity index is 455. The molecule has 1 heterocycles. The number of nitrogens with one attached hydrogen (secondary N) is 1. The first-order valence-electron chi connectivity index (χ1n) is 5.92. The summed E-state index contributed by atoms with van der Waals surface area (Å²) in [6.07, 6.45) is -2.09. The number of alkyl halides is 3. The van der Waals surface area contributed by atoms with E-state index in [-0.39, 0.29) is 17.0 Å². The van der Waals surface area contributed by atoms with Gasteiger partial charge in [0, 0.05) is 6.07 Å². The van der Waals surface area contributed by atoms with Crippen LogP contribution in [-0.2, 0) is 6.18 Å². The third-order valence-corrected chi connectivity index (χ3v) is 3.20. The van der Waals surface area contributed by atoms with Crippen molar-refractivity contribution in [3.63, 3.8) is 0 Å². The predicted molar refractivity (Wildman–Crippen MR) is 63.9 cm³/mol. The number of nitrogens with zero attached hydrogens (tertiary/aromatic N) is 2. The average Bonchev–Trinajstić information content (AvgIpc) is 2.30. The molecule has 0 radical (unpaired) electrons. The second-order valence-corrected chi connectivity index (χ2v) is 4.89. The van der Waals surface area contributed by atoms with Crippen molar-refractivity contribution >= 4 is 17.4 Å². The summed E-state index contributed by atoms with van der Waals surface area (Å²) in [7, 11) is 0. The fraction of sp³-hybridized carbons (Fsp3) is 0.636. The molecule has 8 heteroatoms. The molecular weight excluding hydrogens is 283 g/mol. The van der Waals surface area contributed by atoms with Gasteiger partial charge in [-0.25, -0.2) is 9.97 Å². The van der Waals surface area contributed by atoms with Gasteiger partial charge in [0.15, 0.2) is 0 Å². The zero-order valence-electron chi connectivity index (χ0n) is 9.91. The topological polar surface area (TPSA) is 58.0 Å². The summed E-state index contributed by atoms with van der Waals surface area (Å²) in [5.41, 5.74) is 0. The van der Waals surface area contributed by atoms with Crippen molar-refractivity contribution in [3.05, 3.63) is 17.0 Å². The normalized spacial score (nSPS) is 24.3. The van der Waals surface area contributed by atoms with E-state index in [0.717, 1.165) is 12.8 Å². The molecule has 1 aliphatic carbocycles. The molecule has 2 unspecified atom stereocenters. The van der Waals surface area contributed by atoms with Gasteiger partial charge in [-0.1, -0.05) is 24.4 Å². The number of hydrogen-bond acceptors (Lipinski definition) is 4. The number of aromatic nitrogens is 2. The van der Waals surface area contributed by atoms with Crippen molar-refractivity contribution < 1.29 is 18.3 Å². The molecule has 1 aromatic rings. The maximum atomic E-state index is 12.5. The summed E-state index contributed by atoms with van der Waals surface area (Å²) in [5.74, 6) is -1.30. The second kappa shape index (κ2) is 5.50. The lowest BCUT2D eigenvalue weighted by Gasteiger charge is -2.28. The van der Waals surface area contributed by atoms with Gasteiger partial charge >= 0.3 is 6.18 Å². The van der Waals surface area contributed by atoms with Crippen molar-refractivity contribution in [2.75, 3.05) is 5.32 Å². The van der Waals surface area contributed by atoms with Gasteiger partial charge in [0.2, 0.25) is 5.82 Å². The number of aliphatic hydroxyl groups is 1. The summed E-state index contributed by atoms with van der Waals surface area (Å²) in [6, 6.07) is 0.916. The summed E-state index contributed by atoms with van der Waals surface area (Å²) in [6.45, 7) is 0. The van der Waals surface area contributed by atoms with Crippen molar-refractivity contribution in [1.29, 1.82) is 0 Å². The van der Waals surface area contributed by atoms with E-state index < -0.39 is 18.1 Å². The summed E-state index contributed by atoms with van der Waals surface area (Å²) in [5, 5.41) is 12.3. The Morgan fingerprint density at radius 1 is 1.26 bits per heavy atom. The Labute approximate surface area is 113 Å². The Balaban J connectivity index is 2.18. The molecule has 2 rings (SSSR count). The lowest BCUT2D eigenvalue weighted by atomic mass is 9.93. The number of halogens is 4. The van der Waals surface area contributed by atoms with Crippen LogP contribution >= 0.6 is 11.6 Å². The van der Waals surface area contributed by atoms with Crippen LogP contribution in [0.1, 0.15) is 31.5 Å². The smallest absolute Gasteiger partial charge is 0.391 e. The molecule has 0 aliphatic heterocycles. The fourth-order valence-corrected chi connectivity index (χ4v) is 2.27. The first kappa shape index (κ1) is 14.3. The van der Waals surface area contributed by atoms with Crippen LogP contribution in [0.15, 0.2) is 6.07 Å². The highest BCUT2D eigenvalue weighted by Gasteiger charge is 2.35. The average molecular weight is 296 g/mol. The molecule has 2 N–H and O–H groups in total. The van der Waals surface area contributed by atoms with Crippen molar-refractivity contribution in [1.82, 2.24) is 9.97 Å². The van der Waals surface area contributed by atoms with Crippen molar-refractivity contribution in [3.8, 4) is 0 Å². The molecule has 1 aromatic heterocycles. The Hall–Kier alpha value is -1.08. The number of anilines is 1. The molecule has 0 spiro atoms. The van der Waals surface area contributed by atoms with Crippen LogP contribution in [-0.4, -0.2) is 27.2 Å². The highest BCUT2D eigenvalue weighted by Crippen LogP contribution is 2.29. The summed E-state index contributed by atoms with van der Waals surface area (Å²) < 4.78 is 37.6. The fourth-order valence-electron chi connectivity index (χ4n) is 2.09. The maximum absolute atomic E-state index is 12.5. The number of hydrogen-bond donors (Lipinski definition) is 2. The predicted octanol–water partition coefficient (Wildman–Crippen LogP) is 2.86. The van der Waals surface area contributed by atoms with E-state index in [1.54, 1.807) is 0 Å². The van der Waals surface area contributed by atoms with Crippen LogP contribution in [0.4, 0.5) is 19.0 Å². The molecule has 0 aromatic carbocycles. The first-order chi connectivity index (χ1) is 8.86. The molecule has 0 saturated heterocycles. The van der Waals surface area contributed by atoms with E-state index in [9.17, 15) is 18.3 Å². The minimum atomic E-state index is -4.65. The molecule has 2 atom stereocenters. The van der Waals surface area contributed by atoms with Crippen LogP contribution in [0.3, 0.4) is 0 Å². The highest BCUT2D eigenvalue weighted by atomic mass is 35.5. The van der Waals surface area contributed by atoms with Crippen molar-refractivity contribution in [2.45, 2.75) is 44.0 Å². The van der Waals surface area contributed by atoms with Crippen LogP contribution < -0.4 is 5.32 Å². The second-order valence-electron chi connectivity index (χ2n) is 4.50. The van der Waals surface area contributed by atoms with Crippen LogP contribution in [0.25, 0.3) is 0 Å². The van der Waals surface area contributed by atoms with Gasteiger partial charge in [-0.15, -0.1) is 0 Å². The van der Waals surface area contributed by atoms with E-state index >= 15 is 0 Å². The lowest BCUT2D eigenvalue weighted by Crippen LogP contribution is -2.36. The highest BCUT2D eigenvalue weighted by molar-refractivity contribution is 6.29. The standard InChI is InChI=1S/C11H13ClF3N3O/c12-8-5-9(18-10(17-8)11(13,14)15)16-6-3-1-2-4-7(6)19/h5-7,19H,1-4H2,(H,16,17,18). The third-order valence-electron chi connectivity index (χ3n) is 3.01. The Morgan fingerprint density at radius 2 is 1.95 bits per heavy atom. The molecule has 1 saturated carbocycles. The molecule has 4 nitrogen and oxygen atoms in total. The molecular formula is C11H13ClF3N3O. The SMILES string of the molecule is OC1CCCCC1Nc1cc(Cl)nc(C(F)(F)F)n1. The maximum Gasteiger partial charge on any atom is 0.451 e. The van der Waals surface area contributed by atoms with Crippen LogP contribution in [0.5, 0.6) is 0 Å². The molecule has 19 heavy (non-hydrogen) atoms. The van der Waals surface area contributed by atoms with Gasteiger partial charge in [-0.05, 0) is 12.8 Å². The Kier molecular flexibility index (Phi) is 4.15. The zero-order chi connectivity index (χ0) is 14.0. The molecule has 1 fully saturated rings. The quantitative estimate of drug-likeness (QED) is 0.824. The third kappa shape index (κ3) is 3.70. The van der Waals surface area contributed by atoms with Gasteiger partial charge in [-0.3, -0.25) is 0 Å². The minimum absolute atomic E-state index is 0.0155. The molecule has 106 valence electrons. The molecule has 1 aliphatic rings. The molecule has 0 amide bonds. The largest absolute Gasteiger partial charge is 0.451 e. The van der Waals surface area contributed by atoms with E-state index in [0.29, 0.717) is 12.8 Å². The minimum Gasteiger partial charge on any atom is -0.391 e. The number of rotatable bonds is 2. The van der Waals surface area contributed by atoms with E-state index in [1.165, 1.54) is 6.07 Å². The summed E-state index contributed by atoms with van der Waals surface area (Å²) in [4.78, 5) is 6.53. The van der Waals surface area contributed by atoms with E-state index in [2.05, 4.69) is 15.3 Å². The first-order valence-corrected chi connectivity index (χ1v) is 6.30. The zero-order valence-corrected chi connectivity index (χ0v) is 10.7. The monoisotopic (exact) mass is 295 g/mol. The van der Waals surface area contributed by atoms with Gasteiger partial charge in [0.1, 0.15) is 11.0 Å². The van der Waals surface area contributed by atoms with Crippen LogP contribution in [0, 0.1) is 0 Å². The van der Waals surface area contributed by atoms with E-state index in [4.69, 9.17) is 11.6 Å². The van der Waals surface area contributed by atoms with Crippen molar-refractivity contribution in [2.24, 2.45) is 0 Å².